The Kier molecular flexibility index (Phi) is 4.35. The molecule has 18 heavy (non-hydrogen) atoms. The SMILES string of the molecule is COc1ccc(CN(C)C(=O)C(C)(C)N)cc1C. The maximum atomic E-state index is 12.0. The van der Waals surface area contributed by atoms with Gasteiger partial charge in [-0.25, -0.2) is 0 Å². The molecular weight excluding hydrogens is 228 g/mol. The lowest BCUT2D eigenvalue weighted by Crippen LogP contribution is -2.49. The van der Waals surface area contributed by atoms with Gasteiger partial charge in [0.15, 0.2) is 0 Å². The summed E-state index contributed by atoms with van der Waals surface area (Å²) in [4.78, 5) is 13.6. The first-order valence-corrected chi connectivity index (χ1v) is 5.93. The summed E-state index contributed by atoms with van der Waals surface area (Å²) in [5.41, 5.74) is 7.08. The van der Waals surface area contributed by atoms with E-state index in [1.54, 1.807) is 32.9 Å². The average molecular weight is 250 g/mol. The van der Waals surface area contributed by atoms with Crippen LogP contribution in [0.3, 0.4) is 0 Å². The lowest BCUT2D eigenvalue weighted by molar-refractivity contribution is -0.134. The molecule has 0 unspecified atom stereocenters. The molecule has 2 N–H and O–H groups in total. The molecule has 0 heterocycles. The maximum Gasteiger partial charge on any atom is 0.242 e. The molecule has 0 spiro atoms. The minimum Gasteiger partial charge on any atom is -0.496 e. The molecule has 0 saturated carbocycles. The van der Waals surface area contributed by atoms with Gasteiger partial charge in [0.2, 0.25) is 5.91 Å². The van der Waals surface area contributed by atoms with Gasteiger partial charge < -0.3 is 15.4 Å². The molecule has 0 radical (unpaired) electrons. The zero-order valence-corrected chi connectivity index (χ0v) is 11.8. The minimum atomic E-state index is -0.837. The second kappa shape index (κ2) is 5.40. The highest BCUT2D eigenvalue weighted by atomic mass is 16.5. The second-order valence-electron chi connectivity index (χ2n) is 5.19. The summed E-state index contributed by atoms with van der Waals surface area (Å²) in [5, 5.41) is 0. The molecule has 4 heteroatoms. The molecule has 0 aromatic heterocycles. The Balaban J connectivity index is 2.80. The fraction of sp³-hybridized carbons (Fsp3) is 0.500. The lowest BCUT2D eigenvalue weighted by Gasteiger charge is -2.26. The van der Waals surface area contributed by atoms with Crippen LogP contribution in [0.1, 0.15) is 25.0 Å². The van der Waals surface area contributed by atoms with Crippen molar-refractivity contribution in [3.8, 4) is 5.75 Å². The van der Waals surface area contributed by atoms with Gasteiger partial charge in [0.1, 0.15) is 5.75 Å². The summed E-state index contributed by atoms with van der Waals surface area (Å²) in [6.07, 6.45) is 0. The number of aryl methyl sites for hydroxylation is 1. The van der Waals surface area contributed by atoms with Crippen molar-refractivity contribution >= 4 is 5.91 Å². The number of benzene rings is 1. The van der Waals surface area contributed by atoms with E-state index in [4.69, 9.17) is 10.5 Å². The van der Waals surface area contributed by atoms with Crippen LogP contribution >= 0.6 is 0 Å². The molecule has 0 bridgehead atoms. The number of carbonyl (C=O) groups excluding carboxylic acids is 1. The van der Waals surface area contributed by atoms with Gasteiger partial charge in [0, 0.05) is 13.6 Å². The van der Waals surface area contributed by atoms with Crippen molar-refractivity contribution in [1.82, 2.24) is 4.90 Å². The average Bonchev–Trinajstić information content (AvgIpc) is 2.27. The van der Waals surface area contributed by atoms with E-state index in [9.17, 15) is 4.79 Å². The Hall–Kier alpha value is -1.55. The predicted octanol–water partition coefficient (Wildman–Crippen LogP) is 1.70. The summed E-state index contributed by atoms with van der Waals surface area (Å²) < 4.78 is 5.21. The maximum absolute atomic E-state index is 12.0. The van der Waals surface area contributed by atoms with Crippen molar-refractivity contribution in [3.05, 3.63) is 29.3 Å². The Morgan fingerprint density at radius 1 is 1.44 bits per heavy atom. The topological polar surface area (TPSA) is 55.6 Å². The van der Waals surface area contributed by atoms with Crippen LogP contribution in [0.2, 0.25) is 0 Å². The smallest absolute Gasteiger partial charge is 0.242 e. The van der Waals surface area contributed by atoms with E-state index in [1.807, 2.05) is 25.1 Å². The molecule has 100 valence electrons. The van der Waals surface area contributed by atoms with Gasteiger partial charge in [-0.3, -0.25) is 4.79 Å². The Morgan fingerprint density at radius 3 is 2.50 bits per heavy atom. The van der Waals surface area contributed by atoms with Crippen LogP contribution in [0.5, 0.6) is 5.75 Å². The van der Waals surface area contributed by atoms with Crippen molar-refractivity contribution in [2.75, 3.05) is 14.2 Å². The van der Waals surface area contributed by atoms with Crippen molar-refractivity contribution in [3.63, 3.8) is 0 Å². The first-order valence-electron chi connectivity index (χ1n) is 5.93. The molecule has 0 aliphatic heterocycles. The highest BCUT2D eigenvalue weighted by Crippen LogP contribution is 2.19. The molecule has 0 aliphatic rings. The van der Waals surface area contributed by atoms with Crippen LogP contribution in [-0.2, 0) is 11.3 Å². The van der Waals surface area contributed by atoms with Gasteiger partial charge in [0.25, 0.3) is 0 Å². The highest BCUT2D eigenvalue weighted by molar-refractivity contribution is 5.84. The third-order valence-electron chi connectivity index (χ3n) is 2.78. The van der Waals surface area contributed by atoms with Crippen LogP contribution in [-0.4, -0.2) is 30.5 Å². The monoisotopic (exact) mass is 250 g/mol. The molecule has 1 amide bonds. The second-order valence-corrected chi connectivity index (χ2v) is 5.19. The fourth-order valence-electron chi connectivity index (χ4n) is 1.88. The van der Waals surface area contributed by atoms with Gasteiger partial charge >= 0.3 is 0 Å². The number of amides is 1. The van der Waals surface area contributed by atoms with Crippen LogP contribution < -0.4 is 10.5 Å². The van der Waals surface area contributed by atoms with Crippen molar-refractivity contribution < 1.29 is 9.53 Å². The molecular formula is C14H22N2O2. The number of nitrogens with two attached hydrogens (primary N) is 1. The number of hydrogen-bond acceptors (Lipinski definition) is 3. The van der Waals surface area contributed by atoms with Crippen LogP contribution in [0.25, 0.3) is 0 Å². The van der Waals surface area contributed by atoms with E-state index >= 15 is 0 Å². The quantitative estimate of drug-likeness (QED) is 0.885. The van der Waals surface area contributed by atoms with Crippen LogP contribution in [0.4, 0.5) is 0 Å². The zero-order chi connectivity index (χ0) is 13.9. The van der Waals surface area contributed by atoms with Gasteiger partial charge in [-0.2, -0.15) is 0 Å². The van der Waals surface area contributed by atoms with Crippen molar-refractivity contribution in [2.24, 2.45) is 5.73 Å². The van der Waals surface area contributed by atoms with Gasteiger partial charge in [0.05, 0.1) is 12.6 Å². The van der Waals surface area contributed by atoms with Crippen molar-refractivity contribution in [2.45, 2.75) is 32.9 Å². The molecule has 1 aromatic rings. The summed E-state index contributed by atoms with van der Waals surface area (Å²) in [7, 11) is 3.41. The third-order valence-corrected chi connectivity index (χ3v) is 2.78. The van der Waals surface area contributed by atoms with E-state index in [0.29, 0.717) is 6.54 Å². The first-order chi connectivity index (χ1) is 8.25. The summed E-state index contributed by atoms with van der Waals surface area (Å²) >= 11 is 0. The largest absolute Gasteiger partial charge is 0.496 e. The number of likely N-dealkylation sites (N-methyl/N-ethyl adjacent to an activating group) is 1. The van der Waals surface area contributed by atoms with E-state index in [2.05, 4.69) is 0 Å². The summed E-state index contributed by atoms with van der Waals surface area (Å²) in [6, 6.07) is 5.89. The van der Waals surface area contributed by atoms with Crippen LogP contribution in [0.15, 0.2) is 18.2 Å². The number of nitrogens with zero attached hydrogens (tertiary/aromatic N) is 1. The lowest BCUT2D eigenvalue weighted by atomic mass is 10.0. The minimum absolute atomic E-state index is 0.0732. The van der Waals surface area contributed by atoms with Gasteiger partial charge in [-0.05, 0) is 38.0 Å². The Labute approximate surface area is 109 Å². The Bertz CT molecular complexity index is 436. The van der Waals surface area contributed by atoms with E-state index < -0.39 is 5.54 Å². The number of rotatable bonds is 4. The normalized spacial score (nSPS) is 11.2. The van der Waals surface area contributed by atoms with Gasteiger partial charge in [-0.1, -0.05) is 12.1 Å². The Morgan fingerprint density at radius 2 is 2.06 bits per heavy atom. The highest BCUT2D eigenvalue weighted by Gasteiger charge is 2.25. The van der Waals surface area contributed by atoms with Gasteiger partial charge in [-0.15, -0.1) is 0 Å². The summed E-state index contributed by atoms with van der Waals surface area (Å²) in [5.74, 6) is 0.780. The number of hydrogen-bond donors (Lipinski definition) is 1. The molecule has 4 nitrogen and oxygen atoms in total. The number of carbonyl (C=O) groups is 1. The van der Waals surface area contributed by atoms with Crippen LogP contribution in [0, 0.1) is 6.92 Å². The molecule has 0 aliphatic carbocycles. The molecule has 0 atom stereocenters. The first kappa shape index (κ1) is 14.5. The fourth-order valence-corrected chi connectivity index (χ4v) is 1.88. The predicted molar refractivity (Wildman–Crippen MR) is 72.5 cm³/mol. The number of methoxy groups -OCH3 is 1. The molecule has 1 aromatic carbocycles. The van der Waals surface area contributed by atoms with E-state index in [-0.39, 0.29) is 5.91 Å². The van der Waals surface area contributed by atoms with Crippen molar-refractivity contribution in [1.29, 1.82) is 0 Å². The standard InChI is InChI=1S/C14H22N2O2/c1-10-8-11(6-7-12(10)18-5)9-16(4)13(17)14(2,3)15/h6-8H,9,15H2,1-5H3. The summed E-state index contributed by atoms with van der Waals surface area (Å²) in [6.45, 7) is 5.96. The van der Waals surface area contributed by atoms with E-state index in [0.717, 1.165) is 16.9 Å². The molecule has 0 fully saturated rings. The molecule has 1 rings (SSSR count). The third kappa shape index (κ3) is 3.47. The molecule has 0 saturated heterocycles. The van der Waals surface area contributed by atoms with E-state index in [1.165, 1.54) is 0 Å². The number of ether oxygens (including phenoxy) is 1. The zero-order valence-electron chi connectivity index (χ0n) is 11.8.